The van der Waals surface area contributed by atoms with Gasteiger partial charge in [-0.05, 0) is 31.0 Å². The first-order valence-electron chi connectivity index (χ1n) is 10.0. The Labute approximate surface area is 168 Å². The summed E-state index contributed by atoms with van der Waals surface area (Å²) in [5.41, 5.74) is 1.65. The van der Waals surface area contributed by atoms with E-state index in [2.05, 4.69) is 20.9 Å². The molecule has 3 N–H and O–H groups in total. The number of carbonyl (C=O) groups is 2. The number of carbonyl (C=O) groups excluding carboxylic acids is 2. The number of guanidine groups is 1. The van der Waals surface area contributed by atoms with E-state index in [4.69, 9.17) is 0 Å². The Morgan fingerprint density at radius 2 is 1.79 bits per heavy atom. The summed E-state index contributed by atoms with van der Waals surface area (Å²) in [6.07, 6.45) is 1.57. The number of nitrogens with zero attached hydrogens (tertiary/aromatic N) is 2. The summed E-state index contributed by atoms with van der Waals surface area (Å²) < 4.78 is 0. The molecular weight excluding hydrogens is 354 g/mol. The lowest BCUT2D eigenvalue weighted by Crippen LogP contribution is -2.43. The average Bonchev–Trinajstić information content (AvgIpc) is 3.08. The van der Waals surface area contributed by atoms with Gasteiger partial charge in [0.05, 0.1) is 6.54 Å². The van der Waals surface area contributed by atoms with Crippen molar-refractivity contribution < 1.29 is 9.59 Å². The number of anilines is 1. The number of nitrogens with one attached hydrogen (secondary N) is 3. The van der Waals surface area contributed by atoms with Gasteiger partial charge < -0.3 is 20.9 Å². The van der Waals surface area contributed by atoms with Crippen LogP contribution in [0.25, 0.3) is 0 Å². The summed E-state index contributed by atoms with van der Waals surface area (Å²) in [7, 11) is 0. The molecule has 0 unspecified atom stereocenters. The summed E-state index contributed by atoms with van der Waals surface area (Å²) in [6, 6.07) is 7.99. The van der Waals surface area contributed by atoms with Crippen LogP contribution in [0.4, 0.5) is 5.69 Å². The first-order chi connectivity index (χ1) is 13.3. The van der Waals surface area contributed by atoms with Crippen LogP contribution < -0.4 is 20.9 Å². The molecule has 2 amide bonds. The second-order valence-electron chi connectivity index (χ2n) is 7.94. The van der Waals surface area contributed by atoms with Gasteiger partial charge in [0.2, 0.25) is 11.8 Å². The molecule has 2 rings (SSSR count). The number of hydrogen-bond acceptors (Lipinski definition) is 3. The first kappa shape index (κ1) is 21.7. The van der Waals surface area contributed by atoms with Crippen molar-refractivity contribution >= 4 is 23.5 Å². The van der Waals surface area contributed by atoms with Gasteiger partial charge in [0, 0.05) is 43.7 Å². The van der Waals surface area contributed by atoms with Crippen molar-refractivity contribution in [2.24, 2.45) is 10.4 Å². The van der Waals surface area contributed by atoms with Crippen LogP contribution >= 0.6 is 0 Å². The molecule has 1 heterocycles. The van der Waals surface area contributed by atoms with Crippen molar-refractivity contribution in [3.63, 3.8) is 0 Å². The zero-order valence-electron chi connectivity index (χ0n) is 17.5. The maximum atomic E-state index is 11.9. The number of benzene rings is 1. The third kappa shape index (κ3) is 6.55. The Hall–Kier alpha value is -2.57. The highest BCUT2D eigenvalue weighted by atomic mass is 16.2. The summed E-state index contributed by atoms with van der Waals surface area (Å²) in [6.45, 7) is 10.9. The van der Waals surface area contributed by atoms with Crippen LogP contribution in [0.1, 0.15) is 46.1 Å². The van der Waals surface area contributed by atoms with E-state index in [-0.39, 0.29) is 17.2 Å². The van der Waals surface area contributed by atoms with E-state index in [0.29, 0.717) is 32.0 Å². The molecule has 0 radical (unpaired) electrons. The van der Waals surface area contributed by atoms with Crippen LogP contribution in [-0.4, -0.2) is 44.0 Å². The fourth-order valence-electron chi connectivity index (χ4n) is 2.84. The van der Waals surface area contributed by atoms with Gasteiger partial charge in [-0.2, -0.15) is 0 Å². The molecule has 0 aliphatic carbocycles. The third-order valence-corrected chi connectivity index (χ3v) is 4.47. The van der Waals surface area contributed by atoms with Gasteiger partial charge in [-0.3, -0.25) is 9.59 Å². The predicted octanol–water partition coefficient (Wildman–Crippen LogP) is 2.03. The molecule has 154 valence electrons. The number of hydrogen-bond donors (Lipinski definition) is 3. The van der Waals surface area contributed by atoms with Crippen LogP contribution in [0.2, 0.25) is 0 Å². The Bertz CT molecular complexity index is 692. The topological polar surface area (TPSA) is 85.8 Å². The van der Waals surface area contributed by atoms with Crippen LogP contribution in [0.3, 0.4) is 0 Å². The Balaban J connectivity index is 1.84. The van der Waals surface area contributed by atoms with Crippen LogP contribution in [0.15, 0.2) is 29.3 Å². The van der Waals surface area contributed by atoms with E-state index < -0.39 is 0 Å². The third-order valence-electron chi connectivity index (χ3n) is 4.47. The summed E-state index contributed by atoms with van der Waals surface area (Å²) in [4.78, 5) is 30.1. The largest absolute Gasteiger partial charge is 0.357 e. The second-order valence-corrected chi connectivity index (χ2v) is 7.94. The second kappa shape index (κ2) is 10.1. The summed E-state index contributed by atoms with van der Waals surface area (Å²) >= 11 is 0. The zero-order valence-corrected chi connectivity index (χ0v) is 17.5. The minimum atomic E-state index is -0.384. The molecule has 7 nitrogen and oxygen atoms in total. The molecule has 28 heavy (non-hydrogen) atoms. The molecule has 1 aliphatic heterocycles. The van der Waals surface area contributed by atoms with Crippen LogP contribution in [0.5, 0.6) is 0 Å². The number of amides is 2. The maximum absolute atomic E-state index is 11.9. The highest BCUT2D eigenvalue weighted by Gasteiger charge is 2.21. The quantitative estimate of drug-likeness (QED) is 0.380. The lowest BCUT2D eigenvalue weighted by Gasteiger charge is -2.18. The van der Waals surface area contributed by atoms with Crippen molar-refractivity contribution in [3.8, 4) is 0 Å². The standard InChI is InChI=1S/C21H33N5O2/c1-5-22-20(24-13-12-23-19(28)21(2,3)4)25-15-16-8-10-17(11-9-16)26-14-6-7-18(26)27/h8-11H,5-7,12-15H2,1-4H3,(H,23,28)(H2,22,24,25). The van der Waals surface area contributed by atoms with Crippen molar-refractivity contribution in [2.75, 3.05) is 31.1 Å². The van der Waals surface area contributed by atoms with Gasteiger partial charge >= 0.3 is 0 Å². The van der Waals surface area contributed by atoms with Crippen molar-refractivity contribution in [1.29, 1.82) is 0 Å². The molecule has 1 saturated heterocycles. The summed E-state index contributed by atoms with van der Waals surface area (Å²) in [5, 5.41) is 9.35. The highest BCUT2D eigenvalue weighted by molar-refractivity contribution is 5.95. The molecule has 1 aliphatic rings. The van der Waals surface area contributed by atoms with Crippen LogP contribution in [-0.2, 0) is 16.1 Å². The predicted molar refractivity (Wildman–Crippen MR) is 113 cm³/mol. The van der Waals surface area contributed by atoms with E-state index in [1.54, 1.807) is 0 Å². The smallest absolute Gasteiger partial charge is 0.227 e. The van der Waals surface area contributed by atoms with Gasteiger partial charge in [-0.1, -0.05) is 32.9 Å². The minimum absolute atomic E-state index is 0.0350. The monoisotopic (exact) mass is 387 g/mol. The molecular formula is C21H33N5O2. The van der Waals surface area contributed by atoms with E-state index in [1.165, 1.54) is 0 Å². The molecule has 1 fully saturated rings. The average molecular weight is 388 g/mol. The molecule has 0 bridgehead atoms. The first-order valence-corrected chi connectivity index (χ1v) is 10.0. The van der Waals surface area contributed by atoms with Crippen molar-refractivity contribution in [3.05, 3.63) is 29.8 Å². The van der Waals surface area contributed by atoms with E-state index >= 15 is 0 Å². The summed E-state index contributed by atoms with van der Waals surface area (Å²) in [5.74, 6) is 0.946. The molecule has 1 aromatic carbocycles. The minimum Gasteiger partial charge on any atom is -0.357 e. The molecule has 0 aromatic heterocycles. The van der Waals surface area contributed by atoms with Gasteiger partial charge in [0.15, 0.2) is 5.96 Å². The molecule has 0 saturated carbocycles. The Morgan fingerprint density at radius 1 is 1.11 bits per heavy atom. The maximum Gasteiger partial charge on any atom is 0.227 e. The van der Waals surface area contributed by atoms with Crippen LogP contribution in [0, 0.1) is 5.41 Å². The number of aliphatic imine (C=N–C) groups is 1. The van der Waals surface area contributed by atoms with Gasteiger partial charge in [0.1, 0.15) is 0 Å². The molecule has 1 aromatic rings. The van der Waals surface area contributed by atoms with Gasteiger partial charge in [-0.15, -0.1) is 0 Å². The van der Waals surface area contributed by atoms with Crippen molar-refractivity contribution in [2.45, 2.75) is 47.1 Å². The molecule has 7 heteroatoms. The van der Waals surface area contributed by atoms with E-state index in [9.17, 15) is 9.59 Å². The van der Waals surface area contributed by atoms with Gasteiger partial charge in [0.25, 0.3) is 0 Å². The van der Waals surface area contributed by atoms with Gasteiger partial charge in [-0.25, -0.2) is 4.99 Å². The van der Waals surface area contributed by atoms with Crippen molar-refractivity contribution in [1.82, 2.24) is 16.0 Å². The van der Waals surface area contributed by atoms with E-state index in [0.717, 1.165) is 30.8 Å². The molecule has 0 atom stereocenters. The normalized spacial score (nSPS) is 14.9. The SMILES string of the molecule is CCNC(=NCc1ccc(N2CCCC2=O)cc1)NCCNC(=O)C(C)(C)C. The fourth-order valence-corrected chi connectivity index (χ4v) is 2.84. The Morgan fingerprint density at radius 3 is 2.36 bits per heavy atom. The molecule has 0 spiro atoms. The number of rotatable bonds is 7. The highest BCUT2D eigenvalue weighted by Crippen LogP contribution is 2.21. The zero-order chi connectivity index (χ0) is 20.6. The Kier molecular flexibility index (Phi) is 7.84. The lowest BCUT2D eigenvalue weighted by atomic mass is 9.96. The fraction of sp³-hybridized carbons (Fsp3) is 0.571. The lowest BCUT2D eigenvalue weighted by molar-refractivity contribution is -0.128. The van der Waals surface area contributed by atoms with E-state index in [1.807, 2.05) is 56.9 Å².